The zero-order chi connectivity index (χ0) is 21.3. The fraction of sp³-hybridized carbons (Fsp3) is 0.130. The molecule has 30 heavy (non-hydrogen) atoms. The van der Waals surface area contributed by atoms with Gasteiger partial charge in [-0.05, 0) is 55.0 Å². The van der Waals surface area contributed by atoms with Crippen LogP contribution in [0.25, 0.3) is 6.08 Å². The van der Waals surface area contributed by atoms with E-state index < -0.39 is 5.97 Å². The molecule has 0 N–H and O–H groups in total. The Morgan fingerprint density at radius 2 is 1.87 bits per heavy atom. The molecule has 4 rings (SSSR count). The van der Waals surface area contributed by atoms with Crippen molar-refractivity contribution in [2.24, 2.45) is 0 Å². The quantitative estimate of drug-likeness (QED) is 0.352. The summed E-state index contributed by atoms with van der Waals surface area (Å²) in [5, 5.41) is 0. The first-order chi connectivity index (χ1) is 14.5. The molecule has 3 aromatic rings. The molecular weight excluding hydrogens is 388 g/mol. The first kappa shape index (κ1) is 19.3. The van der Waals surface area contributed by atoms with Crippen LogP contribution >= 0.6 is 0 Å². The van der Waals surface area contributed by atoms with Crippen LogP contribution in [0.4, 0.5) is 0 Å². The van der Waals surface area contributed by atoms with Crippen LogP contribution in [0.2, 0.25) is 0 Å². The van der Waals surface area contributed by atoms with E-state index in [0.717, 1.165) is 0 Å². The van der Waals surface area contributed by atoms with Gasteiger partial charge in [0.25, 0.3) is 0 Å². The van der Waals surface area contributed by atoms with E-state index in [1.54, 1.807) is 57.6 Å². The normalized spacial score (nSPS) is 13.7. The van der Waals surface area contributed by atoms with E-state index in [1.165, 1.54) is 18.4 Å². The maximum absolute atomic E-state index is 12.9. The first-order valence-corrected chi connectivity index (χ1v) is 9.06. The van der Waals surface area contributed by atoms with Crippen molar-refractivity contribution in [1.29, 1.82) is 0 Å². The number of Topliss-reactive ketones (excluding diaryl/α,β-unsaturated/α-hetero) is 1. The van der Waals surface area contributed by atoms with Gasteiger partial charge >= 0.3 is 5.97 Å². The number of esters is 1. The minimum atomic E-state index is -0.638. The minimum Gasteiger partial charge on any atom is -0.497 e. The van der Waals surface area contributed by atoms with Gasteiger partial charge in [0.15, 0.2) is 5.76 Å². The van der Waals surface area contributed by atoms with Gasteiger partial charge in [-0.15, -0.1) is 0 Å². The predicted octanol–water partition coefficient (Wildman–Crippen LogP) is 4.44. The number of fused-ring (bicyclic) bond motifs is 1. The summed E-state index contributed by atoms with van der Waals surface area (Å²) in [6.07, 6.45) is 2.98. The van der Waals surface area contributed by atoms with Gasteiger partial charge in [0.05, 0.1) is 26.0 Å². The lowest BCUT2D eigenvalue weighted by Crippen LogP contribution is -2.07. The zero-order valence-electron chi connectivity index (χ0n) is 16.6. The van der Waals surface area contributed by atoms with Gasteiger partial charge in [-0.1, -0.05) is 0 Å². The number of allylic oxidation sites excluding steroid dienone is 1. The maximum Gasteiger partial charge on any atom is 0.379 e. The molecule has 1 aromatic heterocycles. The van der Waals surface area contributed by atoms with E-state index in [-0.39, 0.29) is 23.1 Å². The number of hydrogen-bond acceptors (Lipinski definition) is 7. The van der Waals surface area contributed by atoms with Crippen LogP contribution in [0.1, 0.15) is 32.0 Å². The van der Waals surface area contributed by atoms with E-state index in [9.17, 15) is 9.59 Å². The second-order valence-electron chi connectivity index (χ2n) is 6.53. The Bertz CT molecular complexity index is 1160. The summed E-state index contributed by atoms with van der Waals surface area (Å²) in [6.45, 7) is 1.75. The molecule has 0 saturated heterocycles. The third-order valence-corrected chi connectivity index (χ3v) is 4.60. The Morgan fingerprint density at radius 3 is 2.57 bits per heavy atom. The van der Waals surface area contributed by atoms with Gasteiger partial charge in [-0.3, -0.25) is 4.79 Å². The molecule has 1 aliphatic heterocycles. The molecule has 0 amide bonds. The summed E-state index contributed by atoms with van der Waals surface area (Å²) in [7, 11) is 3.10. The summed E-state index contributed by atoms with van der Waals surface area (Å²) in [4.78, 5) is 25.0. The van der Waals surface area contributed by atoms with E-state index >= 15 is 0 Å². The number of carbonyl (C=O) groups excluding carboxylic acids is 2. The van der Waals surface area contributed by atoms with Crippen LogP contribution < -0.4 is 18.9 Å². The molecule has 1 aliphatic rings. The van der Waals surface area contributed by atoms with Gasteiger partial charge in [0, 0.05) is 11.6 Å². The number of ether oxygens (including phenoxy) is 4. The van der Waals surface area contributed by atoms with Crippen LogP contribution in [-0.4, -0.2) is 26.0 Å². The molecule has 0 aliphatic carbocycles. The number of ketones is 1. The Labute approximate surface area is 172 Å². The van der Waals surface area contributed by atoms with Crippen molar-refractivity contribution in [3.05, 3.63) is 76.9 Å². The van der Waals surface area contributed by atoms with Crippen molar-refractivity contribution < 1.29 is 33.0 Å². The number of furan rings is 1. The van der Waals surface area contributed by atoms with Crippen molar-refractivity contribution in [1.82, 2.24) is 0 Å². The zero-order valence-corrected chi connectivity index (χ0v) is 16.6. The average Bonchev–Trinajstić information content (AvgIpc) is 3.37. The highest BCUT2D eigenvalue weighted by atomic mass is 16.5. The molecule has 0 bridgehead atoms. The number of benzene rings is 2. The fourth-order valence-electron chi connectivity index (χ4n) is 3.18. The van der Waals surface area contributed by atoms with Crippen LogP contribution in [0.5, 0.6) is 23.0 Å². The Hall–Kier alpha value is -4.00. The summed E-state index contributed by atoms with van der Waals surface area (Å²) < 4.78 is 26.8. The van der Waals surface area contributed by atoms with Crippen LogP contribution in [0.3, 0.4) is 0 Å². The number of rotatable bonds is 5. The lowest BCUT2D eigenvalue weighted by Gasteiger charge is -2.08. The van der Waals surface area contributed by atoms with E-state index in [0.29, 0.717) is 33.9 Å². The molecule has 2 heterocycles. The average molecular weight is 406 g/mol. The monoisotopic (exact) mass is 406 g/mol. The minimum absolute atomic E-state index is 0.0795. The van der Waals surface area contributed by atoms with E-state index in [2.05, 4.69) is 0 Å². The molecule has 0 unspecified atom stereocenters. The molecule has 0 radical (unpaired) electrons. The standard InChI is InChI=1S/C23H18O7/c1-13-9-16(29-23(25)18-5-4-8-28-18)12-19-21(13)22(24)20(30-19)11-14-10-15(26-2)6-7-17(14)27-3/h4-12H,1-3H3/b20-11-. The van der Waals surface area contributed by atoms with Gasteiger partial charge in [0.1, 0.15) is 23.0 Å². The Kier molecular flexibility index (Phi) is 5.02. The number of hydrogen-bond donors (Lipinski definition) is 0. The lowest BCUT2D eigenvalue weighted by atomic mass is 10.0. The van der Waals surface area contributed by atoms with Crippen LogP contribution in [0, 0.1) is 6.92 Å². The molecule has 2 aromatic carbocycles. The largest absolute Gasteiger partial charge is 0.497 e. The third kappa shape index (κ3) is 3.53. The summed E-state index contributed by atoms with van der Waals surface area (Å²) in [5.74, 6) is 1.06. The van der Waals surface area contributed by atoms with Crippen molar-refractivity contribution >= 4 is 17.8 Å². The van der Waals surface area contributed by atoms with Gasteiger partial charge in [-0.25, -0.2) is 4.79 Å². The van der Waals surface area contributed by atoms with Crippen molar-refractivity contribution in [2.45, 2.75) is 6.92 Å². The van der Waals surface area contributed by atoms with Gasteiger partial charge in [0.2, 0.25) is 11.5 Å². The summed E-state index contributed by atoms with van der Waals surface area (Å²) in [6, 6.07) is 11.5. The lowest BCUT2D eigenvalue weighted by molar-refractivity contribution is 0.0701. The molecule has 7 heteroatoms. The van der Waals surface area contributed by atoms with Crippen LogP contribution in [0.15, 0.2) is 58.9 Å². The summed E-state index contributed by atoms with van der Waals surface area (Å²) in [5.41, 5.74) is 1.68. The van der Waals surface area contributed by atoms with Gasteiger partial charge in [-0.2, -0.15) is 0 Å². The Balaban J connectivity index is 1.65. The number of methoxy groups -OCH3 is 2. The molecule has 0 fully saturated rings. The predicted molar refractivity (Wildman–Crippen MR) is 107 cm³/mol. The fourth-order valence-corrected chi connectivity index (χ4v) is 3.18. The molecular formula is C23H18O7. The molecule has 152 valence electrons. The van der Waals surface area contributed by atoms with Crippen molar-refractivity contribution in [3.8, 4) is 23.0 Å². The van der Waals surface area contributed by atoms with E-state index in [1.807, 2.05) is 0 Å². The number of carbonyl (C=O) groups is 2. The summed E-state index contributed by atoms with van der Waals surface area (Å²) >= 11 is 0. The third-order valence-electron chi connectivity index (χ3n) is 4.60. The number of aryl methyl sites for hydroxylation is 1. The Morgan fingerprint density at radius 1 is 1.03 bits per heavy atom. The highest BCUT2D eigenvalue weighted by molar-refractivity contribution is 6.15. The van der Waals surface area contributed by atoms with Gasteiger partial charge < -0.3 is 23.4 Å². The second kappa shape index (κ2) is 7.79. The SMILES string of the molecule is COc1ccc(OC)c(/C=C2\Oc3cc(OC(=O)c4ccco4)cc(C)c3C2=O)c1. The smallest absolute Gasteiger partial charge is 0.379 e. The molecule has 7 nitrogen and oxygen atoms in total. The molecule has 0 atom stereocenters. The van der Waals surface area contributed by atoms with Crippen LogP contribution in [-0.2, 0) is 0 Å². The molecule has 0 spiro atoms. The highest BCUT2D eigenvalue weighted by Gasteiger charge is 2.30. The van der Waals surface area contributed by atoms with E-state index in [4.69, 9.17) is 23.4 Å². The topological polar surface area (TPSA) is 84.2 Å². The first-order valence-electron chi connectivity index (χ1n) is 9.06. The second-order valence-corrected chi connectivity index (χ2v) is 6.53. The maximum atomic E-state index is 12.9. The highest BCUT2D eigenvalue weighted by Crippen LogP contribution is 2.38. The molecule has 0 saturated carbocycles. The van der Waals surface area contributed by atoms with Crippen molar-refractivity contribution in [2.75, 3.05) is 14.2 Å². The van der Waals surface area contributed by atoms with Crippen molar-refractivity contribution in [3.63, 3.8) is 0 Å².